The molecule has 0 aliphatic carbocycles. The summed E-state index contributed by atoms with van der Waals surface area (Å²) in [5, 5.41) is 4.57. The second-order valence-corrected chi connectivity index (χ2v) is 5.11. The molecule has 122 valence electrons. The maximum absolute atomic E-state index is 13.6. The predicted octanol–water partition coefficient (Wildman–Crippen LogP) is 2.57. The number of aromatic nitrogens is 2. The normalized spacial score (nSPS) is 10.8. The van der Waals surface area contributed by atoms with Crippen molar-refractivity contribution in [1.29, 1.82) is 0 Å². The van der Waals surface area contributed by atoms with E-state index in [9.17, 15) is 18.4 Å². The number of rotatable bonds is 3. The Hall–Kier alpha value is -3.09. The summed E-state index contributed by atoms with van der Waals surface area (Å²) in [6, 6.07) is 10.1. The third-order valence-electron chi connectivity index (χ3n) is 3.54. The van der Waals surface area contributed by atoms with Crippen LogP contribution in [0.15, 0.2) is 47.3 Å². The number of esters is 1. The van der Waals surface area contributed by atoms with Crippen LogP contribution < -0.4 is 5.56 Å². The van der Waals surface area contributed by atoms with Crippen LogP contribution in [-0.2, 0) is 18.4 Å². The Labute approximate surface area is 135 Å². The third kappa shape index (κ3) is 2.76. The zero-order valence-corrected chi connectivity index (χ0v) is 12.6. The van der Waals surface area contributed by atoms with E-state index in [2.05, 4.69) is 5.10 Å². The summed E-state index contributed by atoms with van der Waals surface area (Å²) in [6.07, 6.45) is 0. The van der Waals surface area contributed by atoms with E-state index >= 15 is 0 Å². The molecular weight excluding hydrogens is 318 g/mol. The van der Waals surface area contributed by atoms with Gasteiger partial charge in [0.2, 0.25) is 0 Å². The minimum absolute atomic E-state index is 0.0653. The Balaban J connectivity index is 1.94. The molecule has 0 saturated heterocycles. The molecule has 7 heteroatoms. The lowest BCUT2D eigenvalue weighted by Gasteiger charge is -2.09. The Bertz CT molecular complexity index is 999. The molecular formula is C17H12F2N2O3. The van der Waals surface area contributed by atoms with E-state index in [0.717, 1.165) is 10.7 Å². The SMILES string of the molecule is Cn1nc(C(=O)OCc2cccc(F)c2F)c2ccccc2c1=O. The molecule has 1 aromatic heterocycles. The smallest absolute Gasteiger partial charge is 0.359 e. The van der Waals surface area contributed by atoms with Gasteiger partial charge in [0.25, 0.3) is 5.56 Å². The highest BCUT2D eigenvalue weighted by atomic mass is 19.2. The Morgan fingerprint density at radius 2 is 1.83 bits per heavy atom. The maximum Gasteiger partial charge on any atom is 0.359 e. The Morgan fingerprint density at radius 1 is 1.12 bits per heavy atom. The van der Waals surface area contributed by atoms with Crippen molar-refractivity contribution in [3.8, 4) is 0 Å². The van der Waals surface area contributed by atoms with Crippen LogP contribution >= 0.6 is 0 Å². The van der Waals surface area contributed by atoms with Crippen LogP contribution in [0.4, 0.5) is 8.78 Å². The molecule has 0 saturated carbocycles. The first kappa shape index (κ1) is 15.8. The zero-order valence-electron chi connectivity index (χ0n) is 12.6. The first-order chi connectivity index (χ1) is 11.5. The van der Waals surface area contributed by atoms with E-state index in [0.29, 0.717) is 10.8 Å². The molecule has 0 N–H and O–H groups in total. The number of aryl methyl sites for hydroxylation is 1. The fourth-order valence-corrected chi connectivity index (χ4v) is 2.32. The van der Waals surface area contributed by atoms with Crippen LogP contribution in [0.5, 0.6) is 0 Å². The number of carbonyl (C=O) groups is 1. The van der Waals surface area contributed by atoms with Crippen LogP contribution in [0.1, 0.15) is 16.1 Å². The summed E-state index contributed by atoms with van der Waals surface area (Å²) in [4.78, 5) is 24.3. The number of halogens is 2. The summed E-state index contributed by atoms with van der Waals surface area (Å²) in [7, 11) is 1.41. The van der Waals surface area contributed by atoms with E-state index < -0.39 is 24.2 Å². The summed E-state index contributed by atoms with van der Waals surface area (Å²) in [5.74, 6) is -2.91. The van der Waals surface area contributed by atoms with Crippen molar-refractivity contribution >= 4 is 16.7 Å². The van der Waals surface area contributed by atoms with Gasteiger partial charge in [-0.15, -0.1) is 0 Å². The van der Waals surface area contributed by atoms with Gasteiger partial charge in [-0.2, -0.15) is 5.10 Å². The molecule has 2 aromatic carbocycles. The van der Waals surface area contributed by atoms with Crippen molar-refractivity contribution in [3.05, 3.63) is 75.7 Å². The van der Waals surface area contributed by atoms with E-state index in [4.69, 9.17) is 4.74 Å². The average molecular weight is 330 g/mol. The standard InChI is InChI=1S/C17H12F2N2O3/c1-21-16(22)12-7-3-2-6-11(12)15(20-21)17(23)24-9-10-5-4-8-13(18)14(10)19/h2-8H,9H2,1H3. The largest absolute Gasteiger partial charge is 0.456 e. The summed E-state index contributed by atoms with van der Waals surface area (Å²) in [5.41, 5.74) is -0.500. The van der Waals surface area contributed by atoms with Crippen molar-refractivity contribution in [2.45, 2.75) is 6.61 Å². The molecule has 5 nitrogen and oxygen atoms in total. The fraction of sp³-hybridized carbons (Fsp3) is 0.118. The van der Waals surface area contributed by atoms with Gasteiger partial charge in [-0.1, -0.05) is 30.3 Å². The van der Waals surface area contributed by atoms with Gasteiger partial charge in [0.15, 0.2) is 17.3 Å². The van der Waals surface area contributed by atoms with E-state index in [1.807, 2.05) is 0 Å². The first-order valence-corrected chi connectivity index (χ1v) is 7.05. The molecule has 0 bridgehead atoms. The van der Waals surface area contributed by atoms with Crippen LogP contribution in [0.25, 0.3) is 10.8 Å². The molecule has 0 amide bonds. The van der Waals surface area contributed by atoms with Crippen LogP contribution in [0, 0.1) is 11.6 Å². The third-order valence-corrected chi connectivity index (χ3v) is 3.54. The predicted molar refractivity (Wildman–Crippen MR) is 82.5 cm³/mol. The number of carbonyl (C=O) groups excluding carboxylic acids is 1. The van der Waals surface area contributed by atoms with Gasteiger partial charge in [0.05, 0.1) is 5.39 Å². The van der Waals surface area contributed by atoms with Crippen molar-refractivity contribution in [1.82, 2.24) is 9.78 Å². The van der Waals surface area contributed by atoms with Crippen LogP contribution in [0.2, 0.25) is 0 Å². The number of ether oxygens (including phenoxy) is 1. The van der Waals surface area contributed by atoms with Gasteiger partial charge in [0, 0.05) is 18.0 Å². The maximum atomic E-state index is 13.6. The van der Waals surface area contributed by atoms with Gasteiger partial charge in [0.1, 0.15) is 6.61 Å². The minimum Gasteiger partial charge on any atom is -0.456 e. The second kappa shape index (κ2) is 6.19. The van der Waals surface area contributed by atoms with Crippen molar-refractivity contribution in [3.63, 3.8) is 0 Å². The lowest BCUT2D eigenvalue weighted by Crippen LogP contribution is -2.23. The quantitative estimate of drug-likeness (QED) is 0.693. The molecule has 3 aromatic rings. The van der Waals surface area contributed by atoms with Crippen molar-refractivity contribution < 1.29 is 18.3 Å². The first-order valence-electron chi connectivity index (χ1n) is 7.05. The van der Waals surface area contributed by atoms with E-state index in [1.165, 1.54) is 19.2 Å². The van der Waals surface area contributed by atoms with Gasteiger partial charge in [-0.05, 0) is 12.1 Å². The van der Waals surface area contributed by atoms with Gasteiger partial charge < -0.3 is 4.74 Å². The monoisotopic (exact) mass is 330 g/mol. The summed E-state index contributed by atoms with van der Waals surface area (Å²) >= 11 is 0. The lowest BCUT2D eigenvalue weighted by atomic mass is 10.1. The highest BCUT2D eigenvalue weighted by molar-refractivity contribution is 6.02. The van der Waals surface area contributed by atoms with E-state index in [1.54, 1.807) is 24.3 Å². The zero-order chi connectivity index (χ0) is 17.3. The summed E-state index contributed by atoms with van der Waals surface area (Å²) < 4.78 is 32.8. The fourth-order valence-electron chi connectivity index (χ4n) is 2.32. The van der Waals surface area contributed by atoms with E-state index in [-0.39, 0.29) is 16.8 Å². The molecule has 0 aliphatic heterocycles. The molecule has 0 fully saturated rings. The highest BCUT2D eigenvalue weighted by Gasteiger charge is 2.18. The minimum atomic E-state index is -1.07. The summed E-state index contributed by atoms with van der Waals surface area (Å²) in [6.45, 7) is -0.443. The van der Waals surface area contributed by atoms with Crippen molar-refractivity contribution in [2.75, 3.05) is 0 Å². The second-order valence-electron chi connectivity index (χ2n) is 5.11. The highest BCUT2D eigenvalue weighted by Crippen LogP contribution is 2.16. The van der Waals surface area contributed by atoms with Gasteiger partial charge in [-0.25, -0.2) is 18.3 Å². The Kier molecular flexibility index (Phi) is 4.07. The number of benzene rings is 2. The molecule has 0 radical (unpaired) electrons. The number of hydrogen-bond donors (Lipinski definition) is 0. The van der Waals surface area contributed by atoms with Gasteiger partial charge in [-0.3, -0.25) is 4.79 Å². The topological polar surface area (TPSA) is 61.2 Å². The lowest BCUT2D eigenvalue weighted by molar-refractivity contribution is 0.0461. The molecule has 24 heavy (non-hydrogen) atoms. The molecule has 3 rings (SSSR count). The number of hydrogen-bond acceptors (Lipinski definition) is 4. The molecule has 0 unspecified atom stereocenters. The molecule has 1 heterocycles. The van der Waals surface area contributed by atoms with Crippen LogP contribution in [0.3, 0.4) is 0 Å². The molecule has 0 aliphatic rings. The molecule has 0 atom stereocenters. The van der Waals surface area contributed by atoms with Crippen LogP contribution in [-0.4, -0.2) is 15.7 Å². The number of fused-ring (bicyclic) bond motifs is 1. The number of nitrogens with zero attached hydrogens (tertiary/aromatic N) is 2. The van der Waals surface area contributed by atoms with Gasteiger partial charge >= 0.3 is 5.97 Å². The average Bonchev–Trinajstić information content (AvgIpc) is 2.59. The molecule has 0 spiro atoms. The Morgan fingerprint density at radius 3 is 2.58 bits per heavy atom. The van der Waals surface area contributed by atoms with Crippen molar-refractivity contribution in [2.24, 2.45) is 7.05 Å².